The number of imide groups is 1. The summed E-state index contributed by atoms with van der Waals surface area (Å²) in [7, 11) is -1.26. The molecule has 184 valence electrons. The minimum atomic E-state index is -1.26. The number of carboxylic acid groups (broad SMARTS) is 1. The number of rotatable bonds is 7. The maximum Gasteiger partial charge on any atom is 0.407 e. The van der Waals surface area contributed by atoms with Gasteiger partial charge in [0.25, 0.3) is 0 Å². The van der Waals surface area contributed by atoms with Crippen molar-refractivity contribution in [3.8, 4) is 0 Å². The zero-order valence-corrected chi connectivity index (χ0v) is 21.1. The second kappa shape index (κ2) is 9.75. The normalized spacial score (nSPS) is 18.3. The highest BCUT2D eigenvalue weighted by Gasteiger charge is 2.34. The topological polar surface area (TPSA) is 108 Å². The van der Waals surface area contributed by atoms with Crippen LogP contribution < -0.4 is 4.90 Å². The first-order valence-corrected chi connectivity index (χ1v) is 15.5. The SMILES string of the molecule is C[Si](C)(C)CCOCN1C(=O)CCN(c2cccn3c(C4CCN(C(=O)O)CC4)ncc23)C1=O. The van der Waals surface area contributed by atoms with Gasteiger partial charge in [-0.2, -0.15) is 0 Å². The summed E-state index contributed by atoms with van der Waals surface area (Å²) in [6.45, 7) is 8.54. The second-order valence-corrected chi connectivity index (χ2v) is 15.8. The summed E-state index contributed by atoms with van der Waals surface area (Å²) < 4.78 is 7.68. The maximum absolute atomic E-state index is 13.2. The zero-order valence-electron chi connectivity index (χ0n) is 20.1. The van der Waals surface area contributed by atoms with E-state index < -0.39 is 14.2 Å². The van der Waals surface area contributed by atoms with E-state index in [0.717, 1.165) is 17.4 Å². The van der Waals surface area contributed by atoms with E-state index in [9.17, 15) is 19.5 Å². The standard InChI is InChI=1S/C23H33N5O5Si/c1-34(2,3)14-13-33-16-28-20(29)8-12-27(22(28)30)18-5-4-9-26-19(18)15-24-21(26)17-6-10-25(11-7-17)23(31)32/h4-5,9,15,17H,6-8,10-14,16H2,1-3H3,(H,31,32). The number of anilines is 1. The van der Waals surface area contributed by atoms with Crippen molar-refractivity contribution in [3.63, 3.8) is 0 Å². The van der Waals surface area contributed by atoms with Crippen molar-refractivity contribution < 1.29 is 24.2 Å². The van der Waals surface area contributed by atoms with Crippen molar-refractivity contribution in [1.82, 2.24) is 19.2 Å². The zero-order chi connectivity index (χ0) is 24.5. The van der Waals surface area contributed by atoms with Crippen LogP contribution in [-0.2, 0) is 9.53 Å². The minimum absolute atomic E-state index is 0.0333. The van der Waals surface area contributed by atoms with Gasteiger partial charge in [-0.05, 0) is 31.0 Å². The highest BCUT2D eigenvalue weighted by molar-refractivity contribution is 6.76. The Morgan fingerprint density at radius 1 is 1.21 bits per heavy atom. The molecule has 0 atom stereocenters. The summed E-state index contributed by atoms with van der Waals surface area (Å²) in [4.78, 5) is 45.8. The lowest BCUT2D eigenvalue weighted by Crippen LogP contribution is -2.53. The van der Waals surface area contributed by atoms with Gasteiger partial charge >= 0.3 is 12.1 Å². The van der Waals surface area contributed by atoms with Gasteiger partial charge in [0.2, 0.25) is 5.91 Å². The number of likely N-dealkylation sites (tertiary alicyclic amines) is 1. The number of piperidine rings is 1. The van der Waals surface area contributed by atoms with Crippen LogP contribution in [0.4, 0.5) is 15.3 Å². The number of urea groups is 1. The average molecular weight is 488 g/mol. The van der Waals surface area contributed by atoms with Crippen LogP contribution in [0.5, 0.6) is 0 Å². The van der Waals surface area contributed by atoms with Crippen LogP contribution >= 0.6 is 0 Å². The number of amides is 4. The van der Waals surface area contributed by atoms with Gasteiger partial charge in [0.1, 0.15) is 12.6 Å². The van der Waals surface area contributed by atoms with E-state index >= 15 is 0 Å². The number of aromatic nitrogens is 2. The number of carbonyl (C=O) groups is 3. The number of ether oxygens (including phenoxy) is 1. The van der Waals surface area contributed by atoms with E-state index in [-0.39, 0.29) is 31.0 Å². The molecule has 10 nitrogen and oxygen atoms in total. The van der Waals surface area contributed by atoms with Crippen molar-refractivity contribution in [2.75, 3.05) is 37.9 Å². The van der Waals surface area contributed by atoms with Crippen LogP contribution in [0, 0.1) is 0 Å². The van der Waals surface area contributed by atoms with Gasteiger partial charge in [-0.25, -0.2) is 19.5 Å². The molecule has 0 spiro atoms. The molecule has 11 heteroatoms. The third-order valence-electron chi connectivity index (χ3n) is 6.53. The van der Waals surface area contributed by atoms with E-state index in [4.69, 9.17) is 4.74 Å². The van der Waals surface area contributed by atoms with Crippen molar-refractivity contribution in [2.45, 2.75) is 50.9 Å². The number of imidazole rings is 1. The summed E-state index contributed by atoms with van der Waals surface area (Å²) >= 11 is 0. The first kappa shape index (κ1) is 24.2. The fraction of sp³-hybridized carbons (Fsp3) is 0.565. The molecule has 4 rings (SSSR count). The van der Waals surface area contributed by atoms with E-state index in [1.54, 1.807) is 11.1 Å². The maximum atomic E-state index is 13.2. The summed E-state index contributed by atoms with van der Waals surface area (Å²) in [6.07, 6.45) is 4.43. The number of hydrogen-bond acceptors (Lipinski definition) is 5. The Bertz CT molecular complexity index is 1070. The van der Waals surface area contributed by atoms with Gasteiger partial charge < -0.3 is 19.1 Å². The molecule has 2 aliphatic heterocycles. The molecule has 2 aromatic rings. The van der Waals surface area contributed by atoms with Crippen molar-refractivity contribution in [3.05, 3.63) is 30.4 Å². The number of pyridine rings is 1. The summed E-state index contributed by atoms with van der Waals surface area (Å²) in [6, 6.07) is 4.33. The molecule has 4 amide bonds. The van der Waals surface area contributed by atoms with Gasteiger partial charge in [-0.15, -0.1) is 0 Å². The van der Waals surface area contributed by atoms with E-state index in [1.807, 2.05) is 22.7 Å². The second-order valence-electron chi connectivity index (χ2n) is 10.2. The fourth-order valence-corrected chi connectivity index (χ4v) is 5.22. The van der Waals surface area contributed by atoms with E-state index in [0.29, 0.717) is 44.8 Å². The Morgan fingerprint density at radius 3 is 2.62 bits per heavy atom. The van der Waals surface area contributed by atoms with Crippen LogP contribution in [0.2, 0.25) is 25.7 Å². The van der Waals surface area contributed by atoms with Crippen LogP contribution in [0.1, 0.15) is 31.0 Å². The lowest BCUT2D eigenvalue weighted by Gasteiger charge is -2.34. The van der Waals surface area contributed by atoms with E-state index in [2.05, 4.69) is 24.6 Å². The van der Waals surface area contributed by atoms with Crippen molar-refractivity contribution in [2.24, 2.45) is 0 Å². The third-order valence-corrected chi connectivity index (χ3v) is 8.23. The van der Waals surface area contributed by atoms with E-state index in [1.165, 1.54) is 9.80 Å². The number of fused-ring (bicyclic) bond motifs is 1. The molecular formula is C23H33N5O5Si. The van der Waals surface area contributed by atoms with Gasteiger partial charge in [-0.3, -0.25) is 9.69 Å². The largest absolute Gasteiger partial charge is 0.465 e. The number of carbonyl (C=O) groups excluding carboxylic acids is 2. The lowest BCUT2D eigenvalue weighted by molar-refractivity contribution is -0.133. The molecule has 2 aromatic heterocycles. The first-order chi connectivity index (χ1) is 16.2. The molecular weight excluding hydrogens is 454 g/mol. The smallest absolute Gasteiger partial charge is 0.407 e. The number of nitrogens with zero attached hydrogens (tertiary/aromatic N) is 5. The van der Waals surface area contributed by atoms with Crippen molar-refractivity contribution >= 4 is 37.3 Å². The quantitative estimate of drug-likeness (QED) is 0.472. The summed E-state index contributed by atoms with van der Waals surface area (Å²) in [5.74, 6) is 0.790. The predicted molar refractivity (Wildman–Crippen MR) is 130 cm³/mol. The molecule has 0 saturated carbocycles. The van der Waals surface area contributed by atoms with Gasteiger partial charge in [0.15, 0.2) is 0 Å². The summed E-state index contributed by atoms with van der Waals surface area (Å²) in [5, 5.41) is 9.21. The molecule has 0 radical (unpaired) electrons. The Hall–Kier alpha value is -2.92. The van der Waals surface area contributed by atoms with Crippen molar-refractivity contribution in [1.29, 1.82) is 0 Å². The molecule has 0 bridgehead atoms. The third kappa shape index (κ3) is 5.09. The van der Waals surface area contributed by atoms with Gasteiger partial charge in [-0.1, -0.05) is 19.6 Å². The average Bonchev–Trinajstić information content (AvgIpc) is 3.22. The Kier molecular flexibility index (Phi) is 6.94. The lowest BCUT2D eigenvalue weighted by atomic mass is 9.96. The molecule has 0 unspecified atom stereocenters. The van der Waals surface area contributed by atoms with Crippen LogP contribution in [-0.4, -0.2) is 83.4 Å². The molecule has 2 fully saturated rings. The molecule has 1 N–H and O–H groups in total. The molecule has 2 aliphatic rings. The number of hydrogen-bond donors (Lipinski definition) is 1. The Labute approximate surface area is 200 Å². The molecule has 2 saturated heterocycles. The van der Waals surface area contributed by atoms with Gasteiger partial charge in [0, 0.05) is 52.9 Å². The Morgan fingerprint density at radius 2 is 1.94 bits per heavy atom. The molecule has 34 heavy (non-hydrogen) atoms. The fourth-order valence-electron chi connectivity index (χ4n) is 4.46. The highest BCUT2D eigenvalue weighted by atomic mass is 28.3. The Balaban J connectivity index is 1.50. The molecule has 4 heterocycles. The highest BCUT2D eigenvalue weighted by Crippen LogP contribution is 2.32. The van der Waals surface area contributed by atoms with Crippen LogP contribution in [0.25, 0.3) is 5.52 Å². The molecule has 0 aliphatic carbocycles. The first-order valence-electron chi connectivity index (χ1n) is 11.8. The van der Waals surface area contributed by atoms with Gasteiger partial charge in [0.05, 0.1) is 17.4 Å². The van der Waals surface area contributed by atoms with Crippen LogP contribution in [0.3, 0.4) is 0 Å². The minimum Gasteiger partial charge on any atom is -0.465 e. The predicted octanol–water partition coefficient (Wildman–Crippen LogP) is 3.66. The van der Waals surface area contributed by atoms with Crippen LogP contribution in [0.15, 0.2) is 24.5 Å². The molecule has 0 aromatic carbocycles. The summed E-state index contributed by atoms with van der Waals surface area (Å²) in [5.41, 5.74) is 1.49. The monoisotopic (exact) mass is 487 g/mol.